The molecule has 1 unspecified atom stereocenters. The predicted octanol–water partition coefficient (Wildman–Crippen LogP) is 4.47. The molecule has 3 aromatic rings. The normalized spacial score (nSPS) is 11.6. The molecule has 0 aliphatic carbocycles. The summed E-state index contributed by atoms with van der Waals surface area (Å²) in [6.45, 7) is 2.27. The largest absolute Gasteiger partial charge is 0.755 e. The van der Waals surface area contributed by atoms with Crippen LogP contribution in [0.4, 0.5) is 16.2 Å². The molecular formula is C23H23N2O4S-. The number of aryl methyl sites for hydroxylation is 1. The second-order valence-corrected chi connectivity index (χ2v) is 7.69. The van der Waals surface area contributed by atoms with E-state index in [9.17, 15) is 13.6 Å². The predicted molar refractivity (Wildman–Crippen MR) is 118 cm³/mol. The standard InChI is InChI=1S/C23H24N2O4S/c1-18-8-12-21(13-9-18)25(30(27)28)17-16-19-10-14-22(15-11-19)29-23(26)24(2)20-6-4-3-5-7-20/h3-15H,16-17H2,1-2H3,(H,27,28)/p-1. The number of para-hydroxylation sites is 1. The van der Waals surface area contributed by atoms with Crippen molar-refractivity contribution in [3.8, 4) is 5.75 Å². The lowest BCUT2D eigenvalue weighted by atomic mass is 10.1. The summed E-state index contributed by atoms with van der Waals surface area (Å²) >= 11 is -2.36. The number of anilines is 2. The molecule has 1 atom stereocenters. The Hall–Kier alpha value is -3.16. The number of ether oxygens (including phenoxy) is 1. The van der Waals surface area contributed by atoms with Crippen molar-refractivity contribution in [2.75, 3.05) is 22.8 Å². The maximum Gasteiger partial charge on any atom is 0.419 e. The molecule has 7 heteroatoms. The summed E-state index contributed by atoms with van der Waals surface area (Å²) in [5.74, 6) is 0.425. The van der Waals surface area contributed by atoms with E-state index >= 15 is 0 Å². The van der Waals surface area contributed by atoms with E-state index in [1.54, 1.807) is 31.3 Å². The first kappa shape index (κ1) is 21.5. The summed E-state index contributed by atoms with van der Waals surface area (Å²) in [6, 6.07) is 23.6. The van der Waals surface area contributed by atoms with Gasteiger partial charge < -0.3 is 13.6 Å². The molecule has 0 fully saturated rings. The molecule has 6 nitrogen and oxygen atoms in total. The number of hydrogen-bond acceptors (Lipinski definition) is 4. The van der Waals surface area contributed by atoms with Gasteiger partial charge in [0.15, 0.2) is 0 Å². The molecule has 156 valence electrons. The zero-order valence-electron chi connectivity index (χ0n) is 16.9. The van der Waals surface area contributed by atoms with Crippen LogP contribution in [-0.2, 0) is 17.7 Å². The molecule has 0 saturated carbocycles. The third-order valence-corrected chi connectivity index (χ3v) is 5.40. The van der Waals surface area contributed by atoms with Gasteiger partial charge >= 0.3 is 6.09 Å². The molecule has 0 aromatic heterocycles. The second kappa shape index (κ2) is 10.0. The van der Waals surface area contributed by atoms with Crippen LogP contribution in [0.25, 0.3) is 0 Å². The van der Waals surface area contributed by atoms with Crippen LogP contribution in [-0.4, -0.2) is 28.4 Å². The average Bonchev–Trinajstić information content (AvgIpc) is 2.76. The summed E-state index contributed by atoms with van der Waals surface area (Å²) in [4.78, 5) is 13.7. The average molecular weight is 424 g/mol. The number of carbonyl (C=O) groups excluding carboxylic acids is 1. The van der Waals surface area contributed by atoms with Crippen molar-refractivity contribution < 1.29 is 18.3 Å². The van der Waals surface area contributed by atoms with Gasteiger partial charge in [0.1, 0.15) is 5.75 Å². The van der Waals surface area contributed by atoms with Gasteiger partial charge in [0.25, 0.3) is 0 Å². The van der Waals surface area contributed by atoms with Crippen LogP contribution < -0.4 is 13.9 Å². The highest BCUT2D eigenvalue weighted by atomic mass is 32.2. The number of benzene rings is 3. The number of rotatable bonds is 7. The Morgan fingerprint density at radius 2 is 1.57 bits per heavy atom. The number of amides is 1. The van der Waals surface area contributed by atoms with Gasteiger partial charge in [-0.2, -0.15) is 0 Å². The summed E-state index contributed by atoms with van der Waals surface area (Å²) in [5, 5.41) is 0. The van der Waals surface area contributed by atoms with Gasteiger partial charge in [0, 0.05) is 36.2 Å². The molecule has 0 bridgehead atoms. The van der Waals surface area contributed by atoms with Gasteiger partial charge in [-0.05, 0) is 55.3 Å². The quantitative estimate of drug-likeness (QED) is 0.526. The van der Waals surface area contributed by atoms with Crippen LogP contribution in [0.1, 0.15) is 11.1 Å². The Bertz CT molecular complexity index is 992. The lowest BCUT2D eigenvalue weighted by Gasteiger charge is -2.26. The highest BCUT2D eigenvalue weighted by Crippen LogP contribution is 2.19. The van der Waals surface area contributed by atoms with E-state index in [1.165, 1.54) is 9.21 Å². The molecule has 0 radical (unpaired) electrons. The zero-order valence-corrected chi connectivity index (χ0v) is 17.7. The van der Waals surface area contributed by atoms with Crippen LogP contribution >= 0.6 is 0 Å². The second-order valence-electron chi connectivity index (χ2n) is 6.81. The van der Waals surface area contributed by atoms with E-state index < -0.39 is 17.4 Å². The van der Waals surface area contributed by atoms with Crippen molar-refractivity contribution >= 4 is 28.7 Å². The van der Waals surface area contributed by atoms with Crippen molar-refractivity contribution in [1.82, 2.24) is 0 Å². The van der Waals surface area contributed by atoms with Gasteiger partial charge in [-0.25, -0.2) is 4.79 Å². The van der Waals surface area contributed by atoms with Crippen LogP contribution in [0.3, 0.4) is 0 Å². The molecule has 0 heterocycles. The fraction of sp³-hybridized carbons (Fsp3) is 0.174. The SMILES string of the molecule is Cc1ccc(N(CCc2ccc(OC(=O)N(C)c3ccccc3)cc2)S(=O)[O-])cc1. The summed E-state index contributed by atoms with van der Waals surface area (Å²) < 4.78 is 30.0. The van der Waals surface area contributed by atoms with Crippen molar-refractivity contribution in [3.63, 3.8) is 0 Å². The van der Waals surface area contributed by atoms with Crippen LogP contribution in [0.2, 0.25) is 0 Å². The fourth-order valence-electron chi connectivity index (χ4n) is 2.88. The Labute approximate surface area is 179 Å². The first-order valence-corrected chi connectivity index (χ1v) is 10.5. The summed E-state index contributed by atoms with van der Waals surface area (Å²) in [6.07, 6.45) is 0.0428. The lowest BCUT2D eigenvalue weighted by Crippen LogP contribution is -2.29. The van der Waals surface area contributed by atoms with Crippen molar-refractivity contribution in [3.05, 3.63) is 90.0 Å². The van der Waals surface area contributed by atoms with Crippen molar-refractivity contribution in [2.24, 2.45) is 0 Å². The summed E-state index contributed by atoms with van der Waals surface area (Å²) in [5.41, 5.74) is 3.37. The Balaban J connectivity index is 1.59. The number of carbonyl (C=O) groups is 1. The topological polar surface area (TPSA) is 72.9 Å². The third kappa shape index (κ3) is 5.68. The van der Waals surface area contributed by atoms with E-state index in [-0.39, 0.29) is 0 Å². The summed E-state index contributed by atoms with van der Waals surface area (Å²) in [7, 11) is 1.65. The van der Waals surface area contributed by atoms with Gasteiger partial charge in [0.2, 0.25) is 0 Å². The van der Waals surface area contributed by atoms with Gasteiger partial charge in [0.05, 0.1) is 0 Å². The lowest BCUT2D eigenvalue weighted by molar-refractivity contribution is 0.209. The van der Waals surface area contributed by atoms with E-state index in [4.69, 9.17) is 4.74 Å². The van der Waals surface area contributed by atoms with Gasteiger partial charge in [-0.3, -0.25) is 9.11 Å². The molecule has 0 N–H and O–H groups in total. The molecule has 30 heavy (non-hydrogen) atoms. The van der Waals surface area contributed by atoms with Gasteiger partial charge in [-0.1, -0.05) is 48.0 Å². The Kier molecular flexibility index (Phi) is 7.21. The molecular weight excluding hydrogens is 400 g/mol. The first-order valence-electron chi connectivity index (χ1n) is 9.47. The minimum atomic E-state index is -2.36. The van der Waals surface area contributed by atoms with E-state index in [2.05, 4.69) is 0 Å². The third-order valence-electron chi connectivity index (χ3n) is 4.65. The zero-order chi connectivity index (χ0) is 21.5. The van der Waals surface area contributed by atoms with Crippen molar-refractivity contribution in [2.45, 2.75) is 13.3 Å². The van der Waals surface area contributed by atoms with Crippen molar-refractivity contribution in [1.29, 1.82) is 0 Å². The van der Waals surface area contributed by atoms with Crippen LogP contribution in [0, 0.1) is 6.92 Å². The fourth-order valence-corrected chi connectivity index (χ4v) is 3.42. The molecule has 0 aliphatic heterocycles. The van der Waals surface area contributed by atoms with E-state index in [1.807, 2.05) is 61.5 Å². The number of nitrogens with zero attached hydrogens (tertiary/aromatic N) is 2. The first-order chi connectivity index (χ1) is 14.4. The molecule has 0 saturated heterocycles. The Morgan fingerprint density at radius 1 is 0.933 bits per heavy atom. The van der Waals surface area contributed by atoms with Crippen LogP contribution in [0.15, 0.2) is 78.9 Å². The molecule has 0 aliphatic rings. The van der Waals surface area contributed by atoms with Gasteiger partial charge in [-0.15, -0.1) is 0 Å². The van der Waals surface area contributed by atoms with Crippen LogP contribution in [0.5, 0.6) is 5.75 Å². The van der Waals surface area contributed by atoms with E-state index in [0.29, 0.717) is 24.4 Å². The molecule has 3 rings (SSSR count). The minimum absolute atomic E-state index is 0.315. The minimum Gasteiger partial charge on any atom is -0.755 e. The smallest absolute Gasteiger partial charge is 0.419 e. The number of hydrogen-bond donors (Lipinski definition) is 0. The maximum atomic E-state index is 12.3. The highest BCUT2D eigenvalue weighted by Gasteiger charge is 2.13. The molecule has 1 amide bonds. The monoisotopic (exact) mass is 423 g/mol. The molecule has 3 aromatic carbocycles. The molecule has 0 spiro atoms. The Morgan fingerprint density at radius 3 is 2.17 bits per heavy atom. The highest BCUT2D eigenvalue weighted by molar-refractivity contribution is 7.80. The van der Waals surface area contributed by atoms with E-state index in [0.717, 1.165) is 16.8 Å². The maximum absolute atomic E-state index is 12.3.